The van der Waals surface area contributed by atoms with Crippen LogP contribution in [-0.2, 0) is 4.79 Å². The van der Waals surface area contributed by atoms with Crippen LogP contribution in [0.5, 0.6) is 11.8 Å². The Bertz CT molecular complexity index is 615. The van der Waals surface area contributed by atoms with Crippen molar-refractivity contribution in [3.63, 3.8) is 0 Å². The number of nitrogens with zero attached hydrogens (tertiary/aromatic N) is 3. The number of pyridine rings is 1. The van der Waals surface area contributed by atoms with E-state index in [1.165, 1.54) is 19.2 Å². The third-order valence-corrected chi connectivity index (χ3v) is 4.44. The van der Waals surface area contributed by atoms with E-state index in [-0.39, 0.29) is 23.6 Å². The van der Waals surface area contributed by atoms with Gasteiger partial charge in [-0.15, -0.1) is 0 Å². The topological polar surface area (TPSA) is 72.0 Å². The number of hydrazine groups is 1. The lowest BCUT2D eigenvalue weighted by Crippen LogP contribution is -2.48. The Morgan fingerprint density at radius 3 is 2.43 bits per heavy atom. The van der Waals surface area contributed by atoms with Gasteiger partial charge in [0.15, 0.2) is 0 Å². The summed E-state index contributed by atoms with van der Waals surface area (Å²) in [7, 11) is 2.96. The first-order valence-electron chi connectivity index (χ1n) is 7.88. The van der Waals surface area contributed by atoms with Crippen molar-refractivity contribution in [1.82, 2.24) is 15.0 Å². The number of amides is 2. The maximum Gasteiger partial charge on any atom is 0.277 e. The van der Waals surface area contributed by atoms with E-state index in [1.54, 1.807) is 17.1 Å². The lowest BCUT2D eigenvalue weighted by atomic mass is 9.84. The molecular formula is C16H21N3O4. The Hall–Kier alpha value is -2.31. The van der Waals surface area contributed by atoms with E-state index >= 15 is 0 Å². The van der Waals surface area contributed by atoms with E-state index in [9.17, 15) is 9.59 Å². The number of carbonyl (C=O) groups is 2. The molecule has 23 heavy (non-hydrogen) atoms. The summed E-state index contributed by atoms with van der Waals surface area (Å²) in [5.74, 6) is 0.448. The Morgan fingerprint density at radius 2 is 1.83 bits per heavy atom. The Morgan fingerprint density at radius 1 is 1.09 bits per heavy atom. The van der Waals surface area contributed by atoms with Crippen molar-refractivity contribution in [1.29, 1.82) is 0 Å². The highest BCUT2D eigenvalue weighted by Gasteiger charge is 2.37. The van der Waals surface area contributed by atoms with Gasteiger partial charge in [0, 0.05) is 25.1 Å². The van der Waals surface area contributed by atoms with Gasteiger partial charge in [0.1, 0.15) is 5.56 Å². The maximum atomic E-state index is 12.8. The van der Waals surface area contributed by atoms with Crippen LogP contribution in [0, 0.1) is 5.92 Å². The number of rotatable bonds is 4. The van der Waals surface area contributed by atoms with Crippen molar-refractivity contribution in [3.8, 4) is 11.8 Å². The van der Waals surface area contributed by atoms with Gasteiger partial charge in [-0.2, -0.15) is 4.98 Å². The molecule has 0 atom stereocenters. The lowest BCUT2D eigenvalue weighted by Gasteiger charge is -2.34. The zero-order valence-electron chi connectivity index (χ0n) is 13.4. The molecule has 0 bridgehead atoms. The number of hydrogen-bond acceptors (Lipinski definition) is 5. The van der Waals surface area contributed by atoms with Crippen LogP contribution in [0.25, 0.3) is 0 Å². The molecule has 2 aliphatic rings. The second-order valence-corrected chi connectivity index (χ2v) is 5.78. The second kappa shape index (κ2) is 6.44. The smallest absolute Gasteiger partial charge is 0.277 e. The maximum absolute atomic E-state index is 12.8. The van der Waals surface area contributed by atoms with Gasteiger partial charge < -0.3 is 9.47 Å². The standard InChI is InChI=1S/C16H21N3O4/c1-22-13-8-7-12(14(17-13)23-2)16(21)19-10-4-9-18(19)15(20)11-5-3-6-11/h7-8,11H,3-6,9-10H2,1-2H3. The van der Waals surface area contributed by atoms with Crippen molar-refractivity contribution in [3.05, 3.63) is 17.7 Å². The quantitative estimate of drug-likeness (QED) is 0.841. The molecule has 2 fully saturated rings. The molecule has 1 aliphatic carbocycles. The minimum atomic E-state index is -0.262. The lowest BCUT2D eigenvalue weighted by molar-refractivity contribution is -0.147. The van der Waals surface area contributed by atoms with Crippen molar-refractivity contribution in [2.24, 2.45) is 5.92 Å². The summed E-state index contributed by atoms with van der Waals surface area (Å²) in [5.41, 5.74) is 0.335. The summed E-state index contributed by atoms with van der Waals surface area (Å²) in [6.07, 6.45) is 3.72. The van der Waals surface area contributed by atoms with Crippen molar-refractivity contribution in [2.45, 2.75) is 25.7 Å². The average Bonchev–Trinajstić information content (AvgIpc) is 3.01. The largest absolute Gasteiger partial charge is 0.481 e. The number of aromatic nitrogens is 1. The van der Waals surface area contributed by atoms with Gasteiger partial charge in [-0.3, -0.25) is 14.6 Å². The van der Waals surface area contributed by atoms with Gasteiger partial charge in [-0.05, 0) is 25.3 Å². The summed E-state index contributed by atoms with van der Waals surface area (Å²) in [4.78, 5) is 29.5. The molecular weight excluding hydrogens is 298 g/mol. The van der Waals surface area contributed by atoms with Gasteiger partial charge in [-0.1, -0.05) is 6.42 Å². The SMILES string of the molecule is COc1ccc(C(=O)N2CCCN2C(=O)C2CCC2)c(OC)n1. The van der Waals surface area contributed by atoms with E-state index < -0.39 is 0 Å². The van der Waals surface area contributed by atoms with Crippen molar-refractivity contribution in [2.75, 3.05) is 27.3 Å². The molecule has 3 rings (SSSR count). The van der Waals surface area contributed by atoms with Crippen LogP contribution in [0.15, 0.2) is 12.1 Å². The summed E-state index contributed by atoms with van der Waals surface area (Å²) >= 11 is 0. The monoisotopic (exact) mass is 319 g/mol. The molecule has 2 amide bonds. The van der Waals surface area contributed by atoms with Gasteiger partial charge in [0.2, 0.25) is 17.7 Å². The average molecular weight is 319 g/mol. The summed E-state index contributed by atoms with van der Waals surface area (Å²) in [5, 5.41) is 3.11. The first kappa shape index (κ1) is 15.6. The predicted molar refractivity (Wildman–Crippen MR) is 82.0 cm³/mol. The minimum absolute atomic E-state index is 0.0579. The molecule has 1 aromatic rings. The highest BCUT2D eigenvalue weighted by molar-refractivity contribution is 5.98. The van der Waals surface area contributed by atoms with Crippen molar-refractivity contribution >= 4 is 11.8 Å². The van der Waals surface area contributed by atoms with E-state index in [0.717, 1.165) is 25.7 Å². The third kappa shape index (κ3) is 2.83. The molecule has 0 unspecified atom stereocenters. The Kier molecular flexibility index (Phi) is 4.36. The highest BCUT2D eigenvalue weighted by Crippen LogP contribution is 2.31. The van der Waals surface area contributed by atoms with E-state index in [2.05, 4.69) is 4.98 Å². The van der Waals surface area contributed by atoms with Crippen molar-refractivity contribution < 1.29 is 19.1 Å². The number of ether oxygens (including phenoxy) is 2. The fourth-order valence-corrected chi connectivity index (χ4v) is 2.91. The molecule has 2 heterocycles. The van der Waals surface area contributed by atoms with Crippen LogP contribution >= 0.6 is 0 Å². The molecule has 0 N–H and O–H groups in total. The molecule has 1 aromatic heterocycles. The molecule has 0 aromatic carbocycles. The molecule has 7 nitrogen and oxygen atoms in total. The summed E-state index contributed by atoms with van der Waals surface area (Å²) in [6, 6.07) is 3.24. The fourth-order valence-electron chi connectivity index (χ4n) is 2.91. The first-order valence-corrected chi connectivity index (χ1v) is 7.88. The molecule has 0 radical (unpaired) electrons. The molecule has 7 heteroatoms. The molecule has 0 spiro atoms. The minimum Gasteiger partial charge on any atom is -0.481 e. The Balaban J connectivity index is 1.82. The van der Waals surface area contributed by atoms with Crippen LogP contribution in [0.4, 0.5) is 0 Å². The molecule has 1 saturated heterocycles. The van der Waals surface area contributed by atoms with Crippen LogP contribution < -0.4 is 9.47 Å². The predicted octanol–water partition coefficient (Wildman–Crippen LogP) is 1.49. The number of carbonyl (C=O) groups excluding carboxylic acids is 2. The first-order chi connectivity index (χ1) is 11.2. The van der Waals surface area contributed by atoms with Gasteiger partial charge in [0.05, 0.1) is 14.2 Å². The van der Waals surface area contributed by atoms with E-state index in [4.69, 9.17) is 9.47 Å². The van der Waals surface area contributed by atoms with Gasteiger partial charge in [-0.25, -0.2) is 5.01 Å². The second-order valence-electron chi connectivity index (χ2n) is 5.78. The molecule has 124 valence electrons. The number of methoxy groups -OCH3 is 2. The van der Waals surface area contributed by atoms with Crippen LogP contribution in [-0.4, -0.2) is 54.1 Å². The zero-order valence-corrected chi connectivity index (χ0v) is 13.4. The Labute approximate surface area is 135 Å². The normalized spacial score (nSPS) is 17.8. The van der Waals surface area contributed by atoms with Crippen LogP contribution in [0.3, 0.4) is 0 Å². The fraction of sp³-hybridized carbons (Fsp3) is 0.562. The van der Waals surface area contributed by atoms with E-state index in [0.29, 0.717) is 24.5 Å². The number of hydrogen-bond donors (Lipinski definition) is 0. The van der Waals surface area contributed by atoms with E-state index in [1.807, 2.05) is 0 Å². The molecule has 1 aliphatic heterocycles. The van der Waals surface area contributed by atoms with Crippen LogP contribution in [0.2, 0.25) is 0 Å². The zero-order chi connectivity index (χ0) is 16.4. The summed E-state index contributed by atoms with van der Waals surface area (Å²) in [6.45, 7) is 1.12. The van der Waals surface area contributed by atoms with Gasteiger partial charge in [0.25, 0.3) is 5.91 Å². The highest BCUT2D eigenvalue weighted by atomic mass is 16.5. The van der Waals surface area contributed by atoms with Crippen LogP contribution in [0.1, 0.15) is 36.0 Å². The molecule has 1 saturated carbocycles. The van der Waals surface area contributed by atoms with Gasteiger partial charge >= 0.3 is 0 Å². The summed E-state index contributed by atoms with van der Waals surface area (Å²) < 4.78 is 10.3. The third-order valence-electron chi connectivity index (χ3n) is 4.44.